The number of nitrogens with zero attached hydrogens (tertiary/aromatic N) is 1. The average molecular weight is 268 g/mol. The lowest BCUT2D eigenvalue weighted by Gasteiger charge is -2.33. The first-order valence-corrected chi connectivity index (χ1v) is 7.13. The van der Waals surface area contributed by atoms with Gasteiger partial charge in [-0.25, -0.2) is 4.79 Å². The summed E-state index contributed by atoms with van der Waals surface area (Å²) in [6.07, 6.45) is 3.52. The van der Waals surface area contributed by atoms with Crippen molar-refractivity contribution in [2.24, 2.45) is 5.92 Å². The van der Waals surface area contributed by atoms with Crippen LogP contribution < -0.4 is 5.32 Å². The van der Waals surface area contributed by atoms with Crippen LogP contribution in [0.1, 0.15) is 46.5 Å². The van der Waals surface area contributed by atoms with Crippen LogP contribution in [-0.4, -0.2) is 41.6 Å². The number of likely N-dealkylation sites (tertiary alicyclic amines) is 1. The number of nitrogens with one attached hydrogen (secondary N) is 1. The van der Waals surface area contributed by atoms with Crippen LogP contribution in [0.5, 0.6) is 0 Å². The average Bonchev–Trinajstić information content (AvgIpc) is 3.09. The minimum atomic E-state index is -0.484. The highest BCUT2D eigenvalue weighted by Gasteiger charge is 2.35. The van der Waals surface area contributed by atoms with Gasteiger partial charge in [-0.1, -0.05) is 0 Å². The molecule has 2 fully saturated rings. The van der Waals surface area contributed by atoms with Crippen LogP contribution in [0.3, 0.4) is 0 Å². The smallest absolute Gasteiger partial charge is 0.407 e. The molecule has 2 amide bonds. The SMILES string of the molecule is CC(C)(C)OC(=O)N[C@@H]1CCCN(C(=O)C2CC2)C1. The third-order valence-electron chi connectivity index (χ3n) is 3.38. The molecule has 2 aliphatic rings. The first-order valence-electron chi connectivity index (χ1n) is 7.13. The van der Waals surface area contributed by atoms with Gasteiger partial charge in [0.2, 0.25) is 5.91 Å². The highest BCUT2D eigenvalue weighted by atomic mass is 16.6. The maximum Gasteiger partial charge on any atom is 0.407 e. The van der Waals surface area contributed by atoms with Gasteiger partial charge in [0, 0.05) is 25.0 Å². The van der Waals surface area contributed by atoms with Crippen molar-refractivity contribution >= 4 is 12.0 Å². The normalized spacial score (nSPS) is 23.9. The van der Waals surface area contributed by atoms with E-state index in [0.29, 0.717) is 6.54 Å². The van der Waals surface area contributed by atoms with Crippen molar-refractivity contribution in [3.05, 3.63) is 0 Å². The summed E-state index contributed by atoms with van der Waals surface area (Å²) in [5.41, 5.74) is -0.484. The molecule has 1 atom stereocenters. The van der Waals surface area contributed by atoms with Crippen LogP contribution in [0, 0.1) is 5.92 Å². The van der Waals surface area contributed by atoms with E-state index >= 15 is 0 Å². The molecule has 0 bridgehead atoms. The van der Waals surface area contributed by atoms with Crippen molar-refractivity contribution in [2.75, 3.05) is 13.1 Å². The van der Waals surface area contributed by atoms with E-state index in [0.717, 1.165) is 32.2 Å². The molecule has 5 nitrogen and oxygen atoms in total. The molecule has 0 radical (unpaired) electrons. The second kappa shape index (κ2) is 5.39. The Morgan fingerprint density at radius 2 is 1.89 bits per heavy atom. The molecule has 2 rings (SSSR count). The first-order chi connectivity index (χ1) is 8.85. The second-order valence-electron chi connectivity index (χ2n) is 6.54. The monoisotopic (exact) mass is 268 g/mol. The number of alkyl carbamates (subject to hydrolysis) is 1. The van der Waals surface area contributed by atoms with E-state index in [1.54, 1.807) is 0 Å². The van der Waals surface area contributed by atoms with Crippen molar-refractivity contribution in [1.82, 2.24) is 10.2 Å². The summed E-state index contributed by atoms with van der Waals surface area (Å²) >= 11 is 0. The van der Waals surface area contributed by atoms with Gasteiger partial charge in [0.15, 0.2) is 0 Å². The molecule has 1 N–H and O–H groups in total. The van der Waals surface area contributed by atoms with Crippen molar-refractivity contribution in [3.8, 4) is 0 Å². The second-order valence-corrected chi connectivity index (χ2v) is 6.54. The number of hydrogen-bond acceptors (Lipinski definition) is 3. The highest BCUT2D eigenvalue weighted by molar-refractivity contribution is 5.81. The number of hydrogen-bond donors (Lipinski definition) is 1. The molecule has 5 heteroatoms. The number of piperidine rings is 1. The molecule has 1 saturated carbocycles. The molecule has 1 aliphatic heterocycles. The van der Waals surface area contributed by atoms with Crippen LogP contribution in [0.2, 0.25) is 0 Å². The molecule has 0 aromatic heterocycles. The molecule has 0 unspecified atom stereocenters. The molecule has 1 aliphatic carbocycles. The molecule has 0 aromatic carbocycles. The van der Waals surface area contributed by atoms with E-state index < -0.39 is 11.7 Å². The molecular weight excluding hydrogens is 244 g/mol. The van der Waals surface area contributed by atoms with Gasteiger partial charge in [-0.05, 0) is 46.5 Å². The zero-order valence-corrected chi connectivity index (χ0v) is 12.1. The highest BCUT2D eigenvalue weighted by Crippen LogP contribution is 2.31. The topological polar surface area (TPSA) is 58.6 Å². The van der Waals surface area contributed by atoms with Crippen molar-refractivity contribution in [2.45, 2.75) is 58.1 Å². The van der Waals surface area contributed by atoms with Crippen LogP contribution in [0.15, 0.2) is 0 Å². The van der Waals surface area contributed by atoms with Gasteiger partial charge in [-0.3, -0.25) is 4.79 Å². The summed E-state index contributed by atoms with van der Waals surface area (Å²) < 4.78 is 5.24. The Labute approximate surface area is 114 Å². The van der Waals surface area contributed by atoms with Crippen LogP contribution in [-0.2, 0) is 9.53 Å². The molecule has 1 saturated heterocycles. The van der Waals surface area contributed by atoms with E-state index in [9.17, 15) is 9.59 Å². The zero-order chi connectivity index (χ0) is 14.0. The summed E-state index contributed by atoms with van der Waals surface area (Å²) in [5.74, 6) is 0.510. The fourth-order valence-electron chi connectivity index (χ4n) is 2.36. The number of ether oxygens (including phenoxy) is 1. The molecule has 108 valence electrons. The van der Waals surface area contributed by atoms with Crippen LogP contribution >= 0.6 is 0 Å². The number of rotatable bonds is 2. The number of amides is 2. The van der Waals surface area contributed by atoms with Gasteiger partial charge in [0.05, 0.1) is 0 Å². The molecule has 1 heterocycles. The van der Waals surface area contributed by atoms with Gasteiger partial charge in [0.1, 0.15) is 5.60 Å². The molecule has 19 heavy (non-hydrogen) atoms. The minimum Gasteiger partial charge on any atom is -0.444 e. The summed E-state index contributed by atoms with van der Waals surface area (Å²) in [7, 11) is 0. The zero-order valence-electron chi connectivity index (χ0n) is 12.1. The Morgan fingerprint density at radius 1 is 1.21 bits per heavy atom. The molecule has 0 aromatic rings. The quantitative estimate of drug-likeness (QED) is 0.832. The lowest BCUT2D eigenvalue weighted by atomic mass is 10.1. The predicted molar refractivity (Wildman–Crippen MR) is 71.7 cm³/mol. The first kappa shape index (κ1) is 14.2. The molecular formula is C14H24N2O3. The van der Waals surface area contributed by atoms with E-state index in [1.807, 2.05) is 25.7 Å². The lowest BCUT2D eigenvalue weighted by molar-refractivity contribution is -0.133. The summed E-state index contributed by atoms with van der Waals surface area (Å²) in [4.78, 5) is 25.6. The van der Waals surface area contributed by atoms with Crippen LogP contribution in [0.25, 0.3) is 0 Å². The van der Waals surface area contributed by atoms with Crippen molar-refractivity contribution in [1.29, 1.82) is 0 Å². The maximum atomic E-state index is 12.0. The summed E-state index contributed by atoms with van der Waals surface area (Å²) in [6.45, 7) is 6.97. The van der Waals surface area contributed by atoms with Gasteiger partial charge in [0.25, 0.3) is 0 Å². The lowest BCUT2D eigenvalue weighted by Crippen LogP contribution is -2.50. The Balaban J connectivity index is 1.80. The fourth-order valence-corrected chi connectivity index (χ4v) is 2.36. The molecule has 0 spiro atoms. The number of carbonyl (C=O) groups is 2. The standard InChI is InChI=1S/C14H24N2O3/c1-14(2,3)19-13(18)15-11-5-4-8-16(9-11)12(17)10-6-7-10/h10-11H,4-9H2,1-3H3,(H,15,18)/t11-/m1/s1. The number of carbonyl (C=O) groups excluding carboxylic acids is 2. The third kappa shape index (κ3) is 4.40. The van der Waals surface area contributed by atoms with Crippen molar-refractivity contribution in [3.63, 3.8) is 0 Å². The maximum absolute atomic E-state index is 12.0. The summed E-state index contributed by atoms with van der Waals surface area (Å²) in [5, 5.41) is 2.86. The van der Waals surface area contributed by atoms with E-state index in [1.165, 1.54) is 0 Å². The largest absolute Gasteiger partial charge is 0.444 e. The van der Waals surface area contributed by atoms with Gasteiger partial charge in [-0.15, -0.1) is 0 Å². The Kier molecular flexibility index (Phi) is 4.02. The minimum absolute atomic E-state index is 0.0197. The van der Waals surface area contributed by atoms with Gasteiger partial charge < -0.3 is 15.0 Å². The van der Waals surface area contributed by atoms with Crippen molar-refractivity contribution < 1.29 is 14.3 Å². The van der Waals surface area contributed by atoms with Crippen LogP contribution in [0.4, 0.5) is 4.79 Å². The van der Waals surface area contributed by atoms with E-state index in [4.69, 9.17) is 4.74 Å². The third-order valence-corrected chi connectivity index (χ3v) is 3.38. The van der Waals surface area contributed by atoms with E-state index in [-0.39, 0.29) is 17.9 Å². The van der Waals surface area contributed by atoms with Gasteiger partial charge >= 0.3 is 6.09 Å². The van der Waals surface area contributed by atoms with E-state index in [2.05, 4.69) is 5.32 Å². The Morgan fingerprint density at radius 3 is 2.47 bits per heavy atom. The van der Waals surface area contributed by atoms with Gasteiger partial charge in [-0.2, -0.15) is 0 Å². The predicted octanol–water partition coefficient (Wildman–Crippen LogP) is 1.91. The fraction of sp³-hybridized carbons (Fsp3) is 0.857. The Hall–Kier alpha value is -1.26. The Bertz CT molecular complexity index is 358. The summed E-state index contributed by atoms with van der Waals surface area (Å²) in [6, 6.07) is 0.0197.